The Bertz CT molecular complexity index is 568. The summed E-state index contributed by atoms with van der Waals surface area (Å²) in [5, 5.41) is 3.97. The summed E-state index contributed by atoms with van der Waals surface area (Å²) in [4.78, 5) is 2.72. The number of aryl methyl sites for hydroxylation is 1. The fraction of sp³-hybridized carbons (Fsp3) is 0.750. The van der Waals surface area contributed by atoms with Gasteiger partial charge < -0.3 is 0 Å². The second-order valence-corrected chi connectivity index (χ2v) is 7.45. The second kappa shape index (κ2) is 4.57. The summed E-state index contributed by atoms with van der Waals surface area (Å²) in [6.07, 6.45) is 5.29. The Morgan fingerprint density at radius 2 is 2.16 bits per heavy atom. The predicted molar refractivity (Wildman–Crippen MR) is 71.2 cm³/mol. The first-order valence-corrected chi connectivity index (χ1v) is 8.17. The summed E-state index contributed by atoms with van der Waals surface area (Å²) in [7, 11) is -1.67. The van der Waals surface area contributed by atoms with E-state index in [1.165, 1.54) is 17.3 Å². The highest BCUT2D eigenvalue weighted by Crippen LogP contribution is 2.28. The SMILES string of the molecule is C[C@@H]1CN2CCC[C@@H]2CN1S(=O)(=O)c1cnn(C)c1. The number of piperazine rings is 1. The molecule has 6 nitrogen and oxygen atoms in total. The summed E-state index contributed by atoms with van der Waals surface area (Å²) in [6, 6.07) is 0.419. The van der Waals surface area contributed by atoms with Crippen LogP contribution in [0.3, 0.4) is 0 Å². The van der Waals surface area contributed by atoms with E-state index in [1.807, 2.05) is 6.92 Å². The standard InChI is InChI=1S/C12H20N4O2S/c1-10-7-15-5-3-4-11(15)8-16(10)19(17,18)12-6-13-14(2)9-12/h6,9-11H,3-5,7-8H2,1-2H3/t10-,11-/m1/s1. The van der Waals surface area contributed by atoms with Gasteiger partial charge in [-0.25, -0.2) is 8.42 Å². The van der Waals surface area contributed by atoms with Crippen molar-refractivity contribution in [1.82, 2.24) is 19.0 Å². The molecule has 0 radical (unpaired) electrons. The van der Waals surface area contributed by atoms with Crippen LogP contribution in [0.5, 0.6) is 0 Å². The number of aromatic nitrogens is 2. The minimum absolute atomic E-state index is 0.0274. The van der Waals surface area contributed by atoms with Crippen molar-refractivity contribution in [2.45, 2.75) is 36.7 Å². The number of hydrogen-bond donors (Lipinski definition) is 0. The van der Waals surface area contributed by atoms with Gasteiger partial charge in [0.25, 0.3) is 0 Å². The smallest absolute Gasteiger partial charge is 0.246 e. The lowest BCUT2D eigenvalue weighted by Crippen LogP contribution is -2.56. The molecule has 1 aromatic heterocycles. The molecule has 0 spiro atoms. The fourth-order valence-electron chi connectivity index (χ4n) is 3.16. The van der Waals surface area contributed by atoms with Crippen LogP contribution in [0, 0.1) is 0 Å². The van der Waals surface area contributed by atoms with Gasteiger partial charge in [0.1, 0.15) is 4.90 Å². The number of fused-ring (bicyclic) bond motifs is 1. The highest BCUT2D eigenvalue weighted by atomic mass is 32.2. The fourth-order valence-corrected chi connectivity index (χ4v) is 4.81. The van der Waals surface area contributed by atoms with E-state index >= 15 is 0 Å². The molecule has 0 N–H and O–H groups in total. The van der Waals surface area contributed by atoms with E-state index in [9.17, 15) is 8.42 Å². The summed E-state index contributed by atoms with van der Waals surface area (Å²) < 4.78 is 28.5. The first-order valence-electron chi connectivity index (χ1n) is 6.73. The maximum Gasteiger partial charge on any atom is 0.246 e. The zero-order chi connectivity index (χ0) is 13.6. The third-order valence-electron chi connectivity index (χ3n) is 4.17. The Labute approximate surface area is 114 Å². The largest absolute Gasteiger partial charge is 0.297 e. The molecule has 2 aliphatic heterocycles. The lowest BCUT2D eigenvalue weighted by atomic mass is 10.1. The molecule has 106 valence electrons. The lowest BCUT2D eigenvalue weighted by Gasteiger charge is -2.41. The average molecular weight is 284 g/mol. The van der Waals surface area contributed by atoms with Crippen molar-refractivity contribution in [3.05, 3.63) is 12.4 Å². The van der Waals surface area contributed by atoms with Crippen molar-refractivity contribution in [3.8, 4) is 0 Å². The molecule has 2 aliphatic rings. The highest BCUT2D eigenvalue weighted by Gasteiger charge is 2.40. The molecule has 3 heterocycles. The molecule has 0 saturated carbocycles. The first-order chi connectivity index (χ1) is 8.98. The molecular formula is C12H20N4O2S. The summed E-state index contributed by atoms with van der Waals surface area (Å²) in [5.74, 6) is 0. The van der Waals surface area contributed by atoms with E-state index in [2.05, 4.69) is 10.00 Å². The van der Waals surface area contributed by atoms with Gasteiger partial charge in [0.05, 0.1) is 6.20 Å². The van der Waals surface area contributed by atoms with Crippen LogP contribution < -0.4 is 0 Å². The van der Waals surface area contributed by atoms with E-state index in [-0.39, 0.29) is 6.04 Å². The molecule has 0 amide bonds. The van der Waals surface area contributed by atoms with Gasteiger partial charge in [-0.15, -0.1) is 0 Å². The molecule has 19 heavy (non-hydrogen) atoms. The van der Waals surface area contributed by atoms with Crippen LogP contribution in [0.2, 0.25) is 0 Å². The van der Waals surface area contributed by atoms with E-state index in [0.29, 0.717) is 17.5 Å². The van der Waals surface area contributed by atoms with Crippen LogP contribution in [0.15, 0.2) is 17.3 Å². The minimum atomic E-state index is -3.41. The van der Waals surface area contributed by atoms with Gasteiger partial charge in [0.2, 0.25) is 10.0 Å². The molecule has 2 fully saturated rings. The molecule has 2 atom stereocenters. The van der Waals surface area contributed by atoms with Crippen LogP contribution in [0.1, 0.15) is 19.8 Å². The van der Waals surface area contributed by atoms with E-state index in [1.54, 1.807) is 17.5 Å². The number of hydrogen-bond acceptors (Lipinski definition) is 4. The van der Waals surface area contributed by atoms with Crippen molar-refractivity contribution < 1.29 is 8.42 Å². The van der Waals surface area contributed by atoms with E-state index < -0.39 is 10.0 Å². The second-order valence-electron chi connectivity index (χ2n) is 5.56. The predicted octanol–water partition coefficient (Wildman–Crippen LogP) is 0.277. The van der Waals surface area contributed by atoms with Crippen molar-refractivity contribution in [3.63, 3.8) is 0 Å². The molecule has 1 aromatic rings. The van der Waals surface area contributed by atoms with Gasteiger partial charge in [-0.05, 0) is 26.3 Å². The third kappa shape index (κ3) is 2.19. The zero-order valence-electron chi connectivity index (χ0n) is 11.4. The van der Waals surface area contributed by atoms with Gasteiger partial charge in [0, 0.05) is 38.4 Å². The molecule has 0 unspecified atom stereocenters. The minimum Gasteiger partial charge on any atom is -0.297 e. The van der Waals surface area contributed by atoms with E-state index in [0.717, 1.165) is 19.5 Å². The Hall–Kier alpha value is -0.920. The van der Waals surface area contributed by atoms with Crippen LogP contribution >= 0.6 is 0 Å². The maximum absolute atomic E-state index is 12.7. The van der Waals surface area contributed by atoms with E-state index in [4.69, 9.17) is 0 Å². The highest BCUT2D eigenvalue weighted by molar-refractivity contribution is 7.89. The van der Waals surface area contributed by atoms with Crippen molar-refractivity contribution in [1.29, 1.82) is 0 Å². The van der Waals surface area contributed by atoms with Crippen LogP contribution in [0.25, 0.3) is 0 Å². The van der Waals surface area contributed by atoms with Gasteiger partial charge in [0.15, 0.2) is 0 Å². The third-order valence-corrected chi connectivity index (χ3v) is 6.10. The van der Waals surface area contributed by atoms with Crippen LogP contribution in [-0.2, 0) is 17.1 Å². The van der Waals surface area contributed by atoms with Crippen molar-refractivity contribution in [2.75, 3.05) is 19.6 Å². The summed E-state index contributed by atoms with van der Waals surface area (Å²) in [6.45, 7) is 4.54. The molecule has 2 saturated heterocycles. The quantitative estimate of drug-likeness (QED) is 0.782. The molecule has 0 aromatic carbocycles. The normalized spacial score (nSPS) is 29.6. The van der Waals surface area contributed by atoms with Gasteiger partial charge >= 0.3 is 0 Å². The average Bonchev–Trinajstić information content (AvgIpc) is 2.96. The molecular weight excluding hydrogens is 264 g/mol. The molecule has 7 heteroatoms. The van der Waals surface area contributed by atoms with Crippen molar-refractivity contribution in [2.24, 2.45) is 7.05 Å². The monoisotopic (exact) mass is 284 g/mol. The van der Waals surface area contributed by atoms with Crippen molar-refractivity contribution >= 4 is 10.0 Å². The number of sulfonamides is 1. The first kappa shape index (κ1) is 13.1. The molecule has 0 bridgehead atoms. The summed E-state index contributed by atoms with van der Waals surface area (Å²) >= 11 is 0. The van der Waals surface area contributed by atoms with Crippen LogP contribution in [0.4, 0.5) is 0 Å². The Morgan fingerprint density at radius 1 is 1.37 bits per heavy atom. The maximum atomic E-state index is 12.7. The Morgan fingerprint density at radius 3 is 2.84 bits per heavy atom. The number of nitrogens with zero attached hydrogens (tertiary/aromatic N) is 4. The zero-order valence-corrected chi connectivity index (χ0v) is 12.2. The lowest BCUT2D eigenvalue weighted by molar-refractivity contribution is 0.117. The Kier molecular flexibility index (Phi) is 3.15. The summed E-state index contributed by atoms with van der Waals surface area (Å²) in [5.41, 5.74) is 0. The van der Waals surface area contributed by atoms with Gasteiger partial charge in [-0.3, -0.25) is 9.58 Å². The topological polar surface area (TPSA) is 58.4 Å². The van der Waals surface area contributed by atoms with Crippen LogP contribution in [-0.4, -0.2) is 59.1 Å². The Balaban J connectivity index is 1.88. The molecule has 3 rings (SSSR count). The number of rotatable bonds is 2. The van der Waals surface area contributed by atoms with Gasteiger partial charge in [-0.2, -0.15) is 9.40 Å². The van der Waals surface area contributed by atoms with Gasteiger partial charge in [-0.1, -0.05) is 0 Å². The molecule has 0 aliphatic carbocycles.